The molecule has 1 aromatic heterocycles. The Morgan fingerprint density at radius 3 is 2.88 bits per heavy atom. The minimum atomic E-state index is 0.237. The zero-order valence-corrected chi connectivity index (χ0v) is 11.4. The number of hydrogen-bond donors (Lipinski definition) is 1. The van der Waals surface area contributed by atoms with Crippen molar-refractivity contribution in [3.63, 3.8) is 0 Å². The number of imidazole rings is 1. The van der Waals surface area contributed by atoms with E-state index in [1.165, 1.54) is 5.56 Å². The second-order valence-electron chi connectivity index (χ2n) is 4.13. The Morgan fingerprint density at radius 1 is 1.47 bits per heavy atom. The summed E-state index contributed by atoms with van der Waals surface area (Å²) in [5.74, 6) is 0. The van der Waals surface area contributed by atoms with Gasteiger partial charge in [-0.25, -0.2) is 4.98 Å². The first-order valence-electron chi connectivity index (χ1n) is 5.73. The van der Waals surface area contributed by atoms with Crippen LogP contribution in [0.25, 0.3) is 5.69 Å². The predicted octanol–water partition coefficient (Wildman–Crippen LogP) is 2.91. The van der Waals surface area contributed by atoms with Crippen LogP contribution < -0.4 is 5.73 Å². The fourth-order valence-electron chi connectivity index (χ4n) is 1.74. The van der Waals surface area contributed by atoms with Crippen molar-refractivity contribution in [2.45, 2.75) is 25.8 Å². The number of nitrogens with zero attached hydrogens (tertiary/aromatic N) is 2. The Bertz CT molecular complexity index is 479. The van der Waals surface area contributed by atoms with E-state index >= 15 is 0 Å². The molecule has 0 amide bonds. The van der Waals surface area contributed by atoms with Gasteiger partial charge in [-0.15, -0.1) is 0 Å². The molecule has 0 aliphatic heterocycles. The number of rotatable bonds is 4. The van der Waals surface area contributed by atoms with Crippen LogP contribution in [0.15, 0.2) is 41.4 Å². The molecule has 0 spiro atoms. The summed E-state index contributed by atoms with van der Waals surface area (Å²) in [5, 5.41) is 0. The summed E-state index contributed by atoms with van der Waals surface area (Å²) in [6.45, 7) is 2.11. The molecular weight excluding hydrogens is 278 g/mol. The lowest BCUT2D eigenvalue weighted by molar-refractivity contribution is 0.646. The first-order chi connectivity index (χ1) is 8.20. The quantitative estimate of drug-likeness (QED) is 0.942. The SMILES string of the molecule is CCC(N)Cc1ccc(-n2ccnc2)c(Br)c1. The fraction of sp³-hybridized carbons (Fsp3) is 0.308. The fourth-order valence-corrected chi connectivity index (χ4v) is 2.37. The van der Waals surface area contributed by atoms with Crippen molar-refractivity contribution in [2.75, 3.05) is 0 Å². The first-order valence-corrected chi connectivity index (χ1v) is 6.52. The van der Waals surface area contributed by atoms with Crippen LogP contribution in [0, 0.1) is 0 Å². The van der Waals surface area contributed by atoms with Gasteiger partial charge >= 0.3 is 0 Å². The first kappa shape index (κ1) is 12.3. The Balaban J connectivity index is 2.23. The summed E-state index contributed by atoms with van der Waals surface area (Å²) in [6, 6.07) is 6.57. The van der Waals surface area contributed by atoms with E-state index in [-0.39, 0.29) is 6.04 Å². The Kier molecular flexibility index (Phi) is 3.97. The summed E-state index contributed by atoms with van der Waals surface area (Å²) < 4.78 is 3.05. The van der Waals surface area contributed by atoms with Crippen LogP contribution in [0.5, 0.6) is 0 Å². The normalized spacial score (nSPS) is 12.6. The van der Waals surface area contributed by atoms with Crippen molar-refractivity contribution in [1.82, 2.24) is 9.55 Å². The smallest absolute Gasteiger partial charge is 0.0992 e. The van der Waals surface area contributed by atoms with E-state index in [9.17, 15) is 0 Å². The van der Waals surface area contributed by atoms with Gasteiger partial charge in [-0.1, -0.05) is 13.0 Å². The van der Waals surface area contributed by atoms with Crippen LogP contribution in [0.2, 0.25) is 0 Å². The molecular formula is C13H16BrN3. The van der Waals surface area contributed by atoms with Crippen LogP contribution >= 0.6 is 15.9 Å². The Labute approximate surface area is 110 Å². The molecule has 4 heteroatoms. The van der Waals surface area contributed by atoms with E-state index in [1.807, 2.05) is 10.8 Å². The van der Waals surface area contributed by atoms with Crippen molar-refractivity contribution >= 4 is 15.9 Å². The van der Waals surface area contributed by atoms with Crippen LogP contribution in [0.4, 0.5) is 0 Å². The van der Waals surface area contributed by atoms with E-state index in [4.69, 9.17) is 5.73 Å². The predicted molar refractivity (Wildman–Crippen MR) is 73.2 cm³/mol. The number of aromatic nitrogens is 2. The molecule has 2 N–H and O–H groups in total. The van der Waals surface area contributed by atoms with Gasteiger partial charge in [-0.05, 0) is 46.5 Å². The van der Waals surface area contributed by atoms with E-state index in [1.54, 1.807) is 12.5 Å². The lowest BCUT2D eigenvalue weighted by Gasteiger charge is -2.11. The summed E-state index contributed by atoms with van der Waals surface area (Å²) in [7, 11) is 0. The van der Waals surface area contributed by atoms with Crippen molar-refractivity contribution < 1.29 is 0 Å². The van der Waals surface area contributed by atoms with Crippen molar-refractivity contribution in [3.05, 3.63) is 47.0 Å². The van der Waals surface area contributed by atoms with Gasteiger partial charge in [0.25, 0.3) is 0 Å². The highest BCUT2D eigenvalue weighted by Crippen LogP contribution is 2.23. The number of hydrogen-bond acceptors (Lipinski definition) is 2. The van der Waals surface area contributed by atoms with Crippen LogP contribution in [0.3, 0.4) is 0 Å². The minimum Gasteiger partial charge on any atom is -0.327 e. The number of nitrogens with two attached hydrogens (primary N) is 1. The van der Waals surface area contributed by atoms with Gasteiger partial charge in [-0.3, -0.25) is 0 Å². The van der Waals surface area contributed by atoms with E-state index in [0.29, 0.717) is 0 Å². The molecule has 0 saturated heterocycles. The maximum Gasteiger partial charge on any atom is 0.0992 e. The molecule has 0 bridgehead atoms. The highest BCUT2D eigenvalue weighted by atomic mass is 79.9. The molecule has 0 radical (unpaired) electrons. The average molecular weight is 294 g/mol. The standard InChI is InChI=1S/C13H16BrN3/c1-2-11(15)7-10-3-4-13(12(14)8-10)17-6-5-16-9-17/h3-6,8-9,11H,2,7,15H2,1H3. The van der Waals surface area contributed by atoms with E-state index < -0.39 is 0 Å². The number of benzene rings is 1. The van der Waals surface area contributed by atoms with Crippen molar-refractivity contribution in [3.8, 4) is 5.69 Å². The lowest BCUT2D eigenvalue weighted by atomic mass is 10.0. The van der Waals surface area contributed by atoms with Crippen LogP contribution in [-0.4, -0.2) is 15.6 Å². The van der Waals surface area contributed by atoms with Gasteiger partial charge in [0, 0.05) is 22.9 Å². The molecule has 2 aromatic rings. The molecule has 1 atom stereocenters. The highest BCUT2D eigenvalue weighted by molar-refractivity contribution is 9.10. The third-order valence-electron chi connectivity index (χ3n) is 2.82. The third kappa shape index (κ3) is 2.96. The molecule has 1 unspecified atom stereocenters. The lowest BCUT2D eigenvalue weighted by Crippen LogP contribution is -2.21. The molecule has 1 aromatic carbocycles. The molecule has 2 rings (SSSR count). The molecule has 0 fully saturated rings. The zero-order valence-electron chi connectivity index (χ0n) is 9.81. The van der Waals surface area contributed by atoms with Gasteiger partial charge in [0.1, 0.15) is 0 Å². The summed E-state index contributed by atoms with van der Waals surface area (Å²) in [5.41, 5.74) is 8.31. The summed E-state index contributed by atoms with van der Waals surface area (Å²) in [4.78, 5) is 4.05. The van der Waals surface area contributed by atoms with Gasteiger partial charge in [0.2, 0.25) is 0 Å². The van der Waals surface area contributed by atoms with Gasteiger partial charge in [-0.2, -0.15) is 0 Å². The monoisotopic (exact) mass is 293 g/mol. The Morgan fingerprint density at radius 2 is 2.29 bits per heavy atom. The zero-order chi connectivity index (χ0) is 12.3. The van der Waals surface area contributed by atoms with Gasteiger partial charge in [0.15, 0.2) is 0 Å². The largest absolute Gasteiger partial charge is 0.327 e. The van der Waals surface area contributed by atoms with Gasteiger partial charge < -0.3 is 10.3 Å². The molecule has 0 saturated carbocycles. The molecule has 90 valence electrons. The second-order valence-corrected chi connectivity index (χ2v) is 4.98. The van der Waals surface area contributed by atoms with E-state index in [2.05, 4.69) is 46.0 Å². The Hall–Kier alpha value is -1.13. The second kappa shape index (κ2) is 5.47. The molecule has 3 nitrogen and oxygen atoms in total. The van der Waals surface area contributed by atoms with Crippen molar-refractivity contribution in [1.29, 1.82) is 0 Å². The molecule has 0 aliphatic rings. The van der Waals surface area contributed by atoms with E-state index in [0.717, 1.165) is 23.0 Å². The van der Waals surface area contributed by atoms with Crippen LogP contribution in [-0.2, 0) is 6.42 Å². The maximum atomic E-state index is 5.96. The highest BCUT2D eigenvalue weighted by Gasteiger charge is 2.06. The van der Waals surface area contributed by atoms with Gasteiger partial charge in [0.05, 0.1) is 12.0 Å². The minimum absolute atomic E-state index is 0.237. The summed E-state index contributed by atoms with van der Waals surface area (Å²) >= 11 is 3.59. The topological polar surface area (TPSA) is 43.8 Å². The molecule has 1 heterocycles. The number of halogens is 1. The van der Waals surface area contributed by atoms with Crippen molar-refractivity contribution in [2.24, 2.45) is 5.73 Å². The average Bonchev–Trinajstić information content (AvgIpc) is 2.82. The third-order valence-corrected chi connectivity index (χ3v) is 3.45. The maximum absolute atomic E-state index is 5.96. The van der Waals surface area contributed by atoms with Crippen LogP contribution in [0.1, 0.15) is 18.9 Å². The summed E-state index contributed by atoms with van der Waals surface area (Å²) in [6.07, 6.45) is 7.41. The molecule has 17 heavy (non-hydrogen) atoms. The molecule has 0 aliphatic carbocycles.